The van der Waals surface area contributed by atoms with Crippen LogP contribution in [-0.4, -0.2) is 21.5 Å². The summed E-state index contributed by atoms with van der Waals surface area (Å²) in [6, 6.07) is 16.1. The van der Waals surface area contributed by atoms with Gasteiger partial charge in [0.05, 0.1) is 12.7 Å². The van der Waals surface area contributed by atoms with E-state index in [0.29, 0.717) is 19.7 Å². The van der Waals surface area contributed by atoms with E-state index >= 15 is 0 Å². The van der Waals surface area contributed by atoms with Gasteiger partial charge in [-0.25, -0.2) is 0 Å². The topological polar surface area (TPSA) is 66.0 Å². The van der Waals surface area contributed by atoms with Crippen LogP contribution in [0.25, 0.3) is 11.3 Å². The summed E-state index contributed by atoms with van der Waals surface area (Å²) in [6.45, 7) is 3.80. The van der Waals surface area contributed by atoms with Crippen LogP contribution in [0.2, 0.25) is 0 Å². The summed E-state index contributed by atoms with van der Waals surface area (Å²) in [7, 11) is 0. The Bertz CT molecular complexity index is 782. The Morgan fingerprint density at radius 1 is 1.09 bits per heavy atom. The van der Waals surface area contributed by atoms with E-state index in [1.54, 1.807) is 4.68 Å². The van der Waals surface area contributed by atoms with E-state index < -0.39 is 0 Å². The van der Waals surface area contributed by atoms with Crippen LogP contribution in [0.4, 0.5) is 0 Å². The summed E-state index contributed by atoms with van der Waals surface area (Å²) >= 11 is 0. The minimum atomic E-state index is 0.528. The van der Waals surface area contributed by atoms with Gasteiger partial charge in [0.15, 0.2) is 0 Å². The van der Waals surface area contributed by atoms with Crippen molar-refractivity contribution in [3.05, 3.63) is 65.9 Å². The van der Waals surface area contributed by atoms with Crippen molar-refractivity contribution in [1.29, 1.82) is 0 Å². The lowest BCUT2D eigenvalue weighted by molar-refractivity contribution is 0.306. The third-order valence-corrected chi connectivity index (χ3v) is 3.70. The van der Waals surface area contributed by atoms with Crippen LogP contribution in [0, 0.1) is 6.92 Å². The average Bonchev–Trinajstić information content (AvgIpc) is 3.03. The van der Waals surface area contributed by atoms with Crippen molar-refractivity contribution < 1.29 is 4.74 Å². The molecule has 1 heterocycles. The molecule has 0 atom stereocenters. The first kappa shape index (κ1) is 15.2. The molecule has 0 aliphatic heterocycles. The number of hydrogen-bond acceptors (Lipinski definition) is 4. The number of nitrogens with zero attached hydrogens (tertiary/aromatic N) is 3. The second kappa shape index (κ2) is 7.07. The van der Waals surface area contributed by atoms with Crippen molar-refractivity contribution >= 4 is 0 Å². The summed E-state index contributed by atoms with van der Waals surface area (Å²) < 4.78 is 7.77. The molecular weight excluding hydrogens is 288 g/mol. The molecule has 2 aromatic carbocycles. The highest BCUT2D eigenvalue weighted by Gasteiger charge is 2.10. The summed E-state index contributed by atoms with van der Waals surface area (Å²) in [5, 5.41) is 8.30. The monoisotopic (exact) mass is 308 g/mol. The van der Waals surface area contributed by atoms with E-state index in [2.05, 4.69) is 29.4 Å². The largest absolute Gasteiger partial charge is 0.488 e. The molecule has 0 radical (unpaired) electrons. The fourth-order valence-corrected chi connectivity index (χ4v) is 2.40. The van der Waals surface area contributed by atoms with Crippen molar-refractivity contribution in [2.75, 3.05) is 6.54 Å². The number of aromatic nitrogens is 3. The molecule has 118 valence electrons. The highest BCUT2D eigenvalue weighted by Crippen LogP contribution is 2.28. The normalized spacial score (nSPS) is 10.7. The Labute approximate surface area is 135 Å². The number of rotatable bonds is 6. The quantitative estimate of drug-likeness (QED) is 0.760. The molecule has 5 heteroatoms. The molecule has 0 fully saturated rings. The fraction of sp³-hybridized carbons (Fsp3) is 0.222. The maximum absolute atomic E-state index is 6.03. The van der Waals surface area contributed by atoms with Crippen molar-refractivity contribution in [3.8, 4) is 17.0 Å². The molecule has 3 aromatic rings. The minimum Gasteiger partial charge on any atom is -0.488 e. The van der Waals surface area contributed by atoms with Crippen LogP contribution < -0.4 is 10.5 Å². The molecular formula is C18H20N4O. The molecule has 0 bridgehead atoms. The molecule has 0 saturated heterocycles. The molecule has 23 heavy (non-hydrogen) atoms. The maximum Gasteiger partial charge on any atom is 0.129 e. The molecule has 1 aromatic heterocycles. The first-order chi connectivity index (χ1) is 11.3. The lowest BCUT2D eigenvalue weighted by Crippen LogP contribution is -2.10. The van der Waals surface area contributed by atoms with E-state index in [-0.39, 0.29) is 0 Å². The van der Waals surface area contributed by atoms with Gasteiger partial charge in [0, 0.05) is 12.1 Å². The van der Waals surface area contributed by atoms with E-state index in [0.717, 1.165) is 17.0 Å². The van der Waals surface area contributed by atoms with Crippen LogP contribution in [-0.2, 0) is 13.2 Å². The Hall–Kier alpha value is -2.66. The fourth-order valence-electron chi connectivity index (χ4n) is 2.40. The third kappa shape index (κ3) is 3.57. The maximum atomic E-state index is 6.03. The zero-order valence-corrected chi connectivity index (χ0v) is 13.1. The van der Waals surface area contributed by atoms with Gasteiger partial charge in [-0.15, -0.1) is 5.10 Å². The number of aryl methyl sites for hydroxylation is 1. The van der Waals surface area contributed by atoms with Crippen LogP contribution in [0.15, 0.2) is 54.7 Å². The highest BCUT2D eigenvalue weighted by molar-refractivity contribution is 5.66. The van der Waals surface area contributed by atoms with Gasteiger partial charge >= 0.3 is 0 Å². The number of hydrogen-bond donors (Lipinski definition) is 1. The molecule has 3 rings (SSSR count). The van der Waals surface area contributed by atoms with E-state index in [9.17, 15) is 0 Å². The van der Waals surface area contributed by atoms with Gasteiger partial charge in [-0.05, 0) is 30.2 Å². The van der Waals surface area contributed by atoms with Crippen molar-refractivity contribution in [2.24, 2.45) is 5.73 Å². The van der Waals surface area contributed by atoms with Gasteiger partial charge in [0.1, 0.15) is 18.1 Å². The smallest absolute Gasteiger partial charge is 0.129 e. The van der Waals surface area contributed by atoms with E-state index in [1.165, 1.54) is 11.1 Å². The Morgan fingerprint density at radius 3 is 2.70 bits per heavy atom. The van der Waals surface area contributed by atoms with E-state index in [1.807, 2.05) is 42.6 Å². The van der Waals surface area contributed by atoms with Gasteiger partial charge in [-0.2, -0.15) is 0 Å². The SMILES string of the molecule is Cc1ccccc1COc1ccccc1-c1cn(CCN)nn1. The predicted molar refractivity (Wildman–Crippen MR) is 90.0 cm³/mol. The van der Waals surface area contributed by atoms with Gasteiger partial charge in [-0.1, -0.05) is 41.6 Å². The predicted octanol–water partition coefficient (Wildman–Crippen LogP) is 2.79. The first-order valence-electron chi connectivity index (χ1n) is 7.65. The van der Waals surface area contributed by atoms with Gasteiger partial charge < -0.3 is 10.5 Å². The van der Waals surface area contributed by atoms with Crippen molar-refractivity contribution in [3.63, 3.8) is 0 Å². The van der Waals surface area contributed by atoms with Crippen LogP contribution >= 0.6 is 0 Å². The summed E-state index contributed by atoms with van der Waals surface area (Å²) in [5.74, 6) is 0.801. The van der Waals surface area contributed by atoms with Crippen molar-refractivity contribution in [2.45, 2.75) is 20.1 Å². The van der Waals surface area contributed by atoms with Crippen LogP contribution in [0.1, 0.15) is 11.1 Å². The zero-order valence-electron chi connectivity index (χ0n) is 13.1. The molecule has 0 amide bonds. The van der Waals surface area contributed by atoms with Crippen LogP contribution in [0.5, 0.6) is 5.75 Å². The Kier molecular flexibility index (Phi) is 4.68. The zero-order chi connectivity index (χ0) is 16.1. The molecule has 0 spiro atoms. The van der Waals surface area contributed by atoms with Gasteiger partial charge in [0.25, 0.3) is 0 Å². The lowest BCUT2D eigenvalue weighted by atomic mass is 10.1. The number of para-hydroxylation sites is 1. The van der Waals surface area contributed by atoms with Crippen molar-refractivity contribution in [1.82, 2.24) is 15.0 Å². The standard InChI is InChI=1S/C18H20N4O/c1-14-6-2-3-7-15(14)13-23-18-9-5-4-8-16(18)17-12-22(11-10-19)21-20-17/h2-9,12H,10-11,13,19H2,1H3. The van der Waals surface area contributed by atoms with Crippen LogP contribution in [0.3, 0.4) is 0 Å². The summed E-state index contributed by atoms with van der Waals surface area (Å²) in [5.41, 5.74) is 9.67. The highest BCUT2D eigenvalue weighted by atomic mass is 16.5. The minimum absolute atomic E-state index is 0.528. The lowest BCUT2D eigenvalue weighted by Gasteiger charge is -2.11. The number of benzene rings is 2. The molecule has 5 nitrogen and oxygen atoms in total. The Morgan fingerprint density at radius 2 is 1.87 bits per heavy atom. The number of ether oxygens (including phenoxy) is 1. The second-order valence-electron chi connectivity index (χ2n) is 5.37. The van der Waals surface area contributed by atoms with Gasteiger partial charge in [-0.3, -0.25) is 4.68 Å². The average molecular weight is 308 g/mol. The molecule has 0 unspecified atom stereocenters. The third-order valence-electron chi connectivity index (χ3n) is 3.70. The molecule has 0 saturated carbocycles. The molecule has 2 N–H and O–H groups in total. The molecule has 0 aliphatic rings. The summed E-state index contributed by atoms with van der Waals surface area (Å²) in [6.07, 6.45) is 1.89. The van der Waals surface area contributed by atoms with E-state index in [4.69, 9.17) is 10.5 Å². The molecule has 0 aliphatic carbocycles. The first-order valence-corrected chi connectivity index (χ1v) is 7.65. The summed E-state index contributed by atoms with van der Waals surface area (Å²) in [4.78, 5) is 0. The number of nitrogens with two attached hydrogens (primary N) is 1. The Balaban J connectivity index is 1.81. The van der Waals surface area contributed by atoms with Gasteiger partial charge in [0.2, 0.25) is 0 Å². The second-order valence-corrected chi connectivity index (χ2v) is 5.37.